The summed E-state index contributed by atoms with van der Waals surface area (Å²) in [4.78, 5) is 24.8. The number of hydrogen-bond donors (Lipinski definition) is 1. The number of nitrogens with zero attached hydrogens (tertiary/aromatic N) is 2. The predicted octanol–water partition coefficient (Wildman–Crippen LogP) is 0.198. The fourth-order valence-corrected chi connectivity index (χ4v) is 4.35. The van der Waals surface area contributed by atoms with E-state index in [9.17, 15) is 18.0 Å². The van der Waals surface area contributed by atoms with Crippen LogP contribution in [0, 0.1) is 0 Å². The topological polar surface area (TPSA) is 86.8 Å². The van der Waals surface area contributed by atoms with Crippen LogP contribution < -0.4 is 9.62 Å². The summed E-state index contributed by atoms with van der Waals surface area (Å²) in [5.74, 6) is -0.178. The van der Waals surface area contributed by atoms with Crippen molar-refractivity contribution in [2.45, 2.75) is 6.42 Å². The van der Waals surface area contributed by atoms with Crippen molar-refractivity contribution < 1.29 is 18.0 Å². The van der Waals surface area contributed by atoms with E-state index in [0.717, 1.165) is 5.56 Å². The fourth-order valence-electron chi connectivity index (χ4n) is 2.78. The highest BCUT2D eigenvalue weighted by Gasteiger charge is 2.28. The number of sulfonamides is 1. The molecule has 0 bridgehead atoms. The highest BCUT2D eigenvalue weighted by molar-refractivity contribution is 7.93. The van der Waals surface area contributed by atoms with Crippen LogP contribution in [-0.2, 0) is 19.6 Å². The lowest BCUT2D eigenvalue weighted by Gasteiger charge is -2.25. The number of piperazine rings is 1. The van der Waals surface area contributed by atoms with Crippen LogP contribution in [0.3, 0.4) is 0 Å². The summed E-state index contributed by atoms with van der Waals surface area (Å²) in [7, 11) is -3.18. The molecule has 2 amide bonds. The predicted molar refractivity (Wildman–Crippen MR) is 90.8 cm³/mol. The van der Waals surface area contributed by atoms with Crippen molar-refractivity contribution in [3.8, 4) is 0 Å². The first kappa shape index (κ1) is 16.5. The Morgan fingerprint density at radius 3 is 2.54 bits per heavy atom. The van der Waals surface area contributed by atoms with E-state index in [1.165, 1.54) is 15.3 Å². The van der Waals surface area contributed by atoms with Crippen LogP contribution in [-0.4, -0.2) is 57.1 Å². The van der Waals surface area contributed by atoms with E-state index in [1.807, 2.05) is 0 Å². The number of benzene rings is 1. The molecule has 2 heterocycles. The van der Waals surface area contributed by atoms with Gasteiger partial charge in [0.05, 0.1) is 18.0 Å². The van der Waals surface area contributed by atoms with Crippen LogP contribution in [0.1, 0.15) is 12.0 Å². The van der Waals surface area contributed by atoms with Gasteiger partial charge < -0.3 is 10.2 Å². The molecule has 8 heteroatoms. The first-order valence-electron chi connectivity index (χ1n) is 7.80. The van der Waals surface area contributed by atoms with E-state index in [0.29, 0.717) is 31.7 Å². The highest BCUT2D eigenvalue weighted by Crippen LogP contribution is 2.24. The van der Waals surface area contributed by atoms with Crippen molar-refractivity contribution >= 4 is 33.6 Å². The number of amides is 2. The Bertz CT molecular complexity index is 771. The van der Waals surface area contributed by atoms with Crippen molar-refractivity contribution in [3.05, 3.63) is 35.9 Å². The molecular formula is C16H19N3O4S. The molecule has 0 spiro atoms. The Hall–Kier alpha value is -2.35. The molecule has 24 heavy (non-hydrogen) atoms. The second-order valence-electron chi connectivity index (χ2n) is 5.78. The van der Waals surface area contributed by atoms with Gasteiger partial charge in [0, 0.05) is 25.7 Å². The fraction of sp³-hybridized carbons (Fsp3) is 0.375. The standard InChI is InChI=1S/C16H19N3O4S/c20-15-12-18(10-8-17-15)16(21)7-4-13-2-5-14(6-3-13)19-9-1-11-24(19,22)23/h2-7H,1,8-12H2,(H,17,20)/b7-4-. The molecule has 0 radical (unpaired) electrons. The van der Waals surface area contributed by atoms with Crippen molar-refractivity contribution in [2.75, 3.05) is 36.2 Å². The first-order valence-corrected chi connectivity index (χ1v) is 9.41. The van der Waals surface area contributed by atoms with Crippen LogP contribution in [0.15, 0.2) is 30.3 Å². The summed E-state index contributed by atoms with van der Waals surface area (Å²) >= 11 is 0. The van der Waals surface area contributed by atoms with Gasteiger partial charge in [0.2, 0.25) is 21.8 Å². The van der Waals surface area contributed by atoms with E-state index in [4.69, 9.17) is 0 Å². The normalized spacial score (nSPS) is 20.4. The van der Waals surface area contributed by atoms with E-state index < -0.39 is 10.0 Å². The van der Waals surface area contributed by atoms with Gasteiger partial charge in [0.25, 0.3) is 0 Å². The van der Waals surface area contributed by atoms with Gasteiger partial charge in [-0.25, -0.2) is 8.42 Å². The number of rotatable bonds is 3. The number of hydrogen-bond acceptors (Lipinski definition) is 4. The number of carbonyl (C=O) groups is 2. The minimum Gasteiger partial charge on any atom is -0.353 e. The van der Waals surface area contributed by atoms with Crippen molar-refractivity contribution in [1.29, 1.82) is 0 Å². The molecule has 0 saturated carbocycles. The second kappa shape index (κ2) is 6.64. The zero-order valence-corrected chi connectivity index (χ0v) is 14.0. The molecule has 1 N–H and O–H groups in total. The Morgan fingerprint density at radius 1 is 1.17 bits per heavy atom. The molecule has 1 aromatic carbocycles. The lowest BCUT2D eigenvalue weighted by molar-refractivity contribution is -0.134. The van der Waals surface area contributed by atoms with Crippen molar-refractivity contribution in [2.24, 2.45) is 0 Å². The highest BCUT2D eigenvalue weighted by atomic mass is 32.2. The SMILES string of the molecule is O=C1CN(C(=O)/C=C\c2ccc(N3CCCS3(=O)=O)cc2)CCN1. The van der Waals surface area contributed by atoms with Gasteiger partial charge in [0.1, 0.15) is 0 Å². The smallest absolute Gasteiger partial charge is 0.247 e. The van der Waals surface area contributed by atoms with E-state index in [1.54, 1.807) is 30.3 Å². The third-order valence-electron chi connectivity index (χ3n) is 4.05. The molecule has 3 rings (SSSR count). The molecule has 7 nitrogen and oxygen atoms in total. The van der Waals surface area contributed by atoms with Gasteiger partial charge in [-0.15, -0.1) is 0 Å². The molecule has 128 valence electrons. The van der Waals surface area contributed by atoms with E-state index in [-0.39, 0.29) is 24.1 Å². The van der Waals surface area contributed by atoms with Gasteiger partial charge in [-0.2, -0.15) is 0 Å². The van der Waals surface area contributed by atoms with Gasteiger partial charge in [0.15, 0.2) is 0 Å². The zero-order chi connectivity index (χ0) is 17.2. The summed E-state index contributed by atoms with van der Waals surface area (Å²) in [5.41, 5.74) is 1.44. The monoisotopic (exact) mass is 349 g/mol. The van der Waals surface area contributed by atoms with Crippen LogP contribution >= 0.6 is 0 Å². The minimum absolute atomic E-state index is 0.0783. The van der Waals surface area contributed by atoms with Crippen LogP contribution in [0.2, 0.25) is 0 Å². The quantitative estimate of drug-likeness (QED) is 0.790. The Labute approximate surface area is 141 Å². The second-order valence-corrected chi connectivity index (χ2v) is 7.79. The average molecular weight is 349 g/mol. The maximum absolute atomic E-state index is 12.0. The Kier molecular flexibility index (Phi) is 4.57. The summed E-state index contributed by atoms with van der Waals surface area (Å²) in [5, 5.41) is 2.67. The summed E-state index contributed by atoms with van der Waals surface area (Å²) in [6.45, 7) is 1.56. The third-order valence-corrected chi connectivity index (χ3v) is 5.92. The first-order chi connectivity index (χ1) is 11.5. The van der Waals surface area contributed by atoms with Crippen molar-refractivity contribution in [3.63, 3.8) is 0 Å². The lowest BCUT2D eigenvalue weighted by Crippen LogP contribution is -2.49. The Balaban J connectivity index is 1.65. The van der Waals surface area contributed by atoms with Gasteiger partial charge in [-0.1, -0.05) is 12.1 Å². The maximum atomic E-state index is 12.0. The molecular weight excluding hydrogens is 330 g/mol. The van der Waals surface area contributed by atoms with Crippen LogP contribution in [0.25, 0.3) is 6.08 Å². The van der Waals surface area contributed by atoms with Gasteiger partial charge in [-0.3, -0.25) is 13.9 Å². The van der Waals surface area contributed by atoms with E-state index in [2.05, 4.69) is 5.32 Å². The maximum Gasteiger partial charge on any atom is 0.247 e. The molecule has 2 fully saturated rings. The van der Waals surface area contributed by atoms with Crippen molar-refractivity contribution in [1.82, 2.24) is 10.2 Å². The third kappa shape index (κ3) is 3.59. The number of carbonyl (C=O) groups excluding carboxylic acids is 2. The molecule has 1 aromatic rings. The molecule has 2 aliphatic rings. The zero-order valence-electron chi connectivity index (χ0n) is 13.1. The van der Waals surface area contributed by atoms with Crippen LogP contribution in [0.5, 0.6) is 0 Å². The average Bonchev–Trinajstić information content (AvgIpc) is 2.92. The molecule has 2 saturated heterocycles. The number of nitrogens with one attached hydrogen (secondary N) is 1. The largest absolute Gasteiger partial charge is 0.353 e. The molecule has 0 aliphatic carbocycles. The van der Waals surface area contributed by atoms with Gasteiger partial charge in [-0.05, 0) is 30.2 Å². The molecule has 0 atom stereocenters. The number of anilines is 1. The molecule has 0 aromatic heterocycles. The molecule has 0 unspecified atom stereocenters. The Morgan fingerprint density at radius 2 is 1.92 bits per heavy atom. The minimum atomic E-state index is -3.18. The van der Waals surface area contributed by atoms with Gasteiger partial charge >= 0.3 is 0 Å². The molecule has 2 aliphatic heterocycles. The summed E-state index contributed by atoms with van der Waals surface area (Å²) in [6.07, 6.45) is 3.74. The lowest BCUT2D eigenvalue weighted by atomic mass is 10.2. The van der Waals surface area contributed by atoms with Crippen LogP contribution in [0.4, 0.5) is 5.69 Å². The summed E-state index contributed by atoms with van der Waals surface area (Å²) < 4.78 is 25.2. The van der Waals surface area contributed by atoms with E-state index >= 15 is 0 Å². The summed E-state index contributed by atoms with van der Waals surface area (Å²) in [6, 6.07) is 7.02.